The SMILES string of the molecule is C[C@H]1CCc2c(sc(NC(=O)[C@@H](C)Sc3ccc(NC(=O)/C(=C/c4ccc(-c5ccccc5)o4)NC(=O)c4ccccc4)cc3)c2C#N)C1. The summed E-state index contributed by atoms with van der Waals surface area (Å²) in [7, 11) is 0. The largest absolute Gasteiger partial charge is 0.457 e. The van der Waals surface area contributed by atoms with E-state index in [1.807, 2.05) is 61.5 Å². The number of hydrogen-bond acceptors (Lipinski definition) is 7. The molecule has 8 nitrogen and oxygen atoms in total. The van der Waals surface area contributed by atoms with Crippen molar-refractivity contribution in [3.63, 3.8) is 0 Å². The monoisotopic (exact) mass is 686 g/mol. The first kappa shape index (κ1) is 33.5. The van der Waals surface area contributed by atoms with Crippen molar-refractivity contribution in [2.24, 2.45) is 5.92 Å². The van der Waals surface area contributed by atoms with Crippen LogP contribution in [0.5, 0.6) is 0 Å². The lowest BCUT2D eigenvalue weighted by Crippen LogP contribution is -2.30. The fourth-order valence-corrected chi connectivity index (χ4v) is 7.75. The van der Waals surface area contributed by atoms with Gasteiger partial charge in [0.15, 0.2) is 0 Å². The second-order valence-electron chi connectivity index (χ2n) is 11.8. The summed E-state index contributed by atoms with van der Waals surface area (Å²) in [4.78, 5) is 41.7. The molecular formula is C39H34N4O4S2. The van der Waals surface area contributed by atoms with E-state index in [4.69, 9.17) is 4.42 Å². The molecule has 1 aliphatic carbocycles. The van der Waals surface area contributed by atoms with Crippen LogP contribution in [0.2, 0.25) is 0 Å². The average molecular weight is 687 g/mol. The zero-order valence-corrected chi connectivity index (χ0v) is 28.6. The van der Waals surface area contributed by atoms with Crippen LogP contribution in [0.25, 0.3) is 17.4 Å². The van der Waals surface area contributed by atoms with Gasteiger partial charge in [-0.2, -0.15) is 5.26 Å². The number of fused-ring (bicyclic) bond motifs is 1. The highest BCUT2D eigenvalue weighted by Gasteiger charge is 2.26. The summed E-state index contributed by atoms with van der Waals surface area (Å²) in [6.07, 6.45) is 4.35. The number of hydrogen-bond donors (Lipinski definition) is 3. The Balaban J connectivity index is 1.12. The van der Waals surface area contributed by atoms with Crippen LogP contribution in [-0.4, -0.2) is 23.0 Å². The second-order valence-corrected chi connectivity index (χ2v) is 14.4. The third-order valence-corrected chi connectivity index (χ3v) is 10.4. The van der Waals surface area contributed by atoms with E-state index in [-0.39, 0.29) is 11.6 Å². The molecule has 0 radical (unpaired) electrons. The summed E-state index contributed by atoms with van der Waals surface area (Å²) in [5.41, 5.74) is 3.48. The molecule has 3 N–H and O–H groups in total. The molecule has 3 amide bonds. The predicted molar refractivity (Wildman–Crippen MR) is 195 cm³/mol. The summed E-state index contributed by atoms with van der Waals surface area (Å²) in [6.45, 7) is 4.03. The van der Waals surface area contributed by atoms with Gasteiger partial charge in [0.1, 0.15) is 28.3 Å². The Morgan fingerprint density at radius 3 is 2.39 bits per heavy atom. The maximum atomic E-state index is 13.5. The molecule has 0 bridgehead atoms. The van der Waals surface area contributed by atoms with Crippen molar-refractivity contribution in [3.05, 3.63) is 130 Å². The molecule has 49 heavy (non-hydrogen) atoms. The van der Waals surface area contributed by atoms with Crippen LogP contribution in [0.4, 0.5) is 10.7 Å². The molecule has 2 heterocycles. The molecule has 2 aromatic heterocycles. The number of amides is 3. The molecule has 0 spiro atoms. The molecule has 5 aromatic rings. The first-order valence-corrected chi connectivity index (χ1v) is 17.6. The van der Waals surface area contributed by atoms with Crippen molar-refractivity contribution >= 4 is 57.6 Å². The van der Waals surface area contributed by atoms with Gasteiger partial charge >= 0.3 is 0 Å². The molecular weight excluding hydrogens is 653 g/mol. The number of thiophene rings is 1. The lowest BCUT2D eigenvalue weighted by atomic mass is 9.89. The van der Waals surface area contributed by atoms with E-state index in [1.54, 1.807) is 42.5 Å². The minimum absolute atomic E-state index is 0.00742. The van der Waals surface area contributed by atoms with Crippen LogP contribution in [0.1, 0.15) is 52.4 Å². The van der Waals surface area contributed by atoms with Gasteiger partial charge in [-0.15, -0.1) is 23.1 Å². The highest BCUT2D eigenvalue weighted by Crippen LogP contribution is 2.39. The molecule has 10 heteroatoms. The van der Waals surface area contributed by atoms with Crippen LogP contribution in [0, 0.1) is 17.2 Å². The highest BCUT2D eigenvalue weighted by atomic mass is 32.2. The van der Waals surface area contributed by atoms with Crippen molar-refractivity contribution in [1.82, 2.24) is 5.32 Å². The summed E-state index contributed by atoms with van der Waals surface area (Å²) in [5.74, 6) is 0.458. The van der Waals surface area contributed by atoms with E-state index < -0.39 is 17.1 Å². The lowest BCUT2D eigenvalue weighted by molar-refractivity contribution is -0.115. The van der Waals surface area contributed by atoms with E-state index >= 15 is 0 Å². The number of nitrogens with one attached hydrogen (secondary N) is 3. The summed E-state index contributed by atoms with van der Waals surface area (Å²) in [5, 5.41) is 18.6. The van der Waals surface area contributed by atoms with E-state index in [1.165, 1.54) is 34.1 Å². The van der Waals surface area contributed by atoms with Crippen molar-refractivity contribution < 1.29 is 18.8 Å². The first-order chi connectivity index (χ1) is 23.8. The van der Waals surface area contributed by atoms with Crippen LogP contribution < -0.4 is 16.0 Å². The Morgan fingerprint density at radius 2 is 1.67 bits per heavy atom. The minimum atomic E-state index is -0.531. The van der Waals surface area contributed by atoms with Gasteiger partial charge in [-0.25, -0.2) is 0 Å². The Labute approximate surface area is 293 Å². The van der Waals surface area contributed by atoms with Gasteiger partial charge in [-0.1, -0.05) is 55.5 Å². The maximum absolute atomic E-state index is 13.5. The van der Waals surface area contributed by atoms with Gasteiger partial charge in [-0.3, -0.25) is 14.4 Å². The molecule has 0 saturated heterocycles. The number of nitriles is 1. The number of anilines is 2. The Kier molecular flexibility index (Phi) is 10.4. The van der Waals surface area contributed by atoms with Crippen LogP contribution in [0.3, 0.4) is 0 Å². The number of benzene rings is 3. The number of carbonyl (C=O) groups is 3. The number of furan rings is 1. The Hall–Kier alpha value is -5.37. The van der Waals surface area contributed by atoms with Crippen molar-refractivity contribution in [2.75, 3.05) is 10.6 Å². The number of rotatable bonds is 10. The molecule has 1 aliphatic rings. The molecule has 0 aliphatic heterocycles. The van der Waals surface area contributed by atoms with Gasteiger partial charge in [0.2, 0.25) is 5.91 Å². The number of thioether (sulfide) groups is 1. The van der Waals surface area contributed by atoms with Crippen LogP contribution in [0.15, 0.2) is 112 Å². The molecule has 0 unspecified atom stereocenters. The number of nitrogens with zero attached hydrogens (tertiary/aromatic N) is 1. The predicted octanol–water partition coefficient (Wildman–Crippen LogP) is 8.53. The second kappa shape index (κ2) is 15.2. The summed E-state index contributed by atoms with van der Waals surface area (Å²) >= 11 is 2.89. The van der Waals surface area contributed by atoms with Gasteiger partial charge in [0, 0.05) is 32.7 Å². The third-order valence-electron chi connectivity index (χ3n) is 8.15. The third kappa shape index (κ3) is 8.20. The Bertz CT molecular complexity index is 2040. The highest BCUT2D eigenvalue weighted by molar-refractivity contribution is 8.00. The van der Waals surface area contributed by atoms with Crippen LogP contribution >= 0.6 is 23.1 Å². The maximum Gasteiger partial charge on any atom is 0.272 e. The van der Waals surface area contributed by atoms with E-state index in [0.29, 0.717) is 39.3 Å². The zero-order valence-electron chi connectivity index (χ0n) is 27.0. The van der Waals surface area contributed by atoms with Gasteiger partial charge in [0.25, 0.3) is 11.8 Å². The standard InChI is InChI=1S/C39H34N4O4S2/c1-24-13-19-31-32(23-40)39(49-35(31)21-24)43-36(44)25(2)48-30-17-14-28(15-18-30)41-38(46)33(42-37(45)27-11-7-4-8-12-27)22-29-16-20-34(47-29)26-9-5-3-6-10-26/h3-12,14-18,20,22,24-25H,13,19,21H2,1-2H3,(H,41,46)(H,42,45)(H,43,44)/b33-22-/t24-,25+/m0/s1. The normalized spacial score (nSPS) is 14.6. The summed E-state index contributed by atoms with van der Waals surface area (Å²) in [6, 6.07) is 31.2. The van der Waals surface area contributed by atoms with Gasteiger partial charge < -0.3 is 20.4 Å². The van der Waals surface area contributed by atoms with E-state index in [0.717, 1.165) is 35.3 Å². The molecule has 0 saturated carbocycles. The van der Waals surface area contributed by atoms with E-state index in [9.17, 15) is 19.6 Å². The minimum Gasteiger partial charge on any atom is -0.457 e. The van der Waals surface area contributed by atoms with Crippen molar-refractivity contribution in [1.29, 1.82) is 5.26 Å². The molecule has 6 rings (SSSR count). The molecule has 0 fully saturated rings. The number of carbonyl (C=O) groups excluding carboxylic acids is 3. The molecule has 2 atom stereocenters. The fraction of sp³-hybridized carbons (Fsp3) is 0.179. The van der Waals surface area contributed by atoms with Crippen molar-refractivity contribution in [2.45, 2.75) is 43.3 Å². The topological polar surface area (TPSA) is 124 Å². The Morgan fingerprint density at radius 1 is 0.959 bits per heavy atom. The molecule has 3 aromatic carbocycles. The average Bonchev–Trinajstić information content (AvgIpc) is 3.73. The smallest absolute Gasteiger partial charge is 0.272 e. The fourth-order valence-electron chi connectivity index (χ4n) is 5.52. The quantitative estimate of drug-likeness (QED) is 0.1000. The van der Waals surface area contributed by atoms with Crippen molar-refractivity contribution in [3.8, 4) is 17.4 Å². The van der Waals surface area contributed by atoms with E-state index in [2.05, 4.69) is 28.9 Å². The molecule has 246 valence electrons. The lowest BCUT2D eigenvalue weighted by Gasteiger charge is -2.17. The van der Waals surface area contributed by atoms with Gasteiger partial charge in [0.05, 0.1) is 10.8 Å². The zero-order chi connectivity index (χ0) is 34.3. The van der Waals surface area contributed by atoms with Crippen LogP contribution in [-0.2, 0) is 22.4 Å². The van der Waals surface area contributed by atoms with Gasteiger partial charge in [-0.05, 0) is 86.2 Å². The first-order valence-electron chi connectivity index (χ1n) is 15.9. The summed E-state index contributed by atoms with van der Waals surface area (Å²) < 4.78 is 5.98.